The van der Waals surface area contributed by atoms with Gasteiger partial charge < -0.3 is 24.4 Å². The van der Waals surface area contributed by atoms with Crippen molar-refractivity contribution in [1.82, 2.24) is 9.55 Å². The van der Waals surface area contributed by atoms with E-state index in [-0.39, 0.29) is 5.96 Å². The van der Waals surface area contributed by atoms with Crippen LogP contribution in [0.2, 0.25) is 0 Å². The van der Waals surface area contributed by atoms with Gasteiger partial charge in [0.25, 0.3) is 5.84 Å². The minimum Gasteiger partial charge on any atom is -0.542 e. The van der Waals surface area contributed by atoms with Crippen LogP contribution in [-0.2, 0) is 22.6 Å². The SMILES string of the molecule is NC(N)=[NH+]CCc1cncn1Cc1ccc(-c2ccccc2C2=NN=N[NH2+]2)cc1.O=C([O-])C(F)(F)F.O=C([O-])C(F)(F)F. The summed E-state index contributed by atoms with van der Waals surface area (Å²) in [5.41, 5.74) is 18.1. The molecule has 0 saturated carbocycles. The number of hydrogen-bond acceptors (Lipinski definition) is 8. The first-order valence-electron chi connectivity index (χ1n) is 11.8. The van der Waals surface area contributed by atoms with Gasteiger partial charge in [-0.3, -0.25) is 16.5 Å². The van der Waals surface area contributed by atoms with E-state index in [0.717, 1.165) is 41.2 Å². The van der Waals surface area contributed by atoms with Crippen molar-refractivity contribution in [3.63, 3.8) is 0 Å². The predicted molar refractivity (Wildman–Crippen MR) is 132 cm³/mol. The number of aromatic nitrogens is 2. The monoisotopic (exact) mass is 615 g/mol. The van der Waals surface area contributed by atoms with E-state index < -0.39 is 24.3 Å². The van der Waals surface area contributed by atoms with Crippen LogP contribution < -0.4 is 32.1 Å². The van der Waals surface area contributed by atoms with Crippen LogP contribution in [0.3, 0.4) is 0 Å². The van der Waals surface area contributed by atoms with Crippen LogP contribution in [0.4, 0.5) is 26.3 Å². The van der Waals surface area contributed by atoms with Gasteiger partial charge in [0.2, 0.25) is 0 Å². The summed E-state index contributed by atoms with van der Waals surface area (Å²) in [5, 5.41) is 29.2. The molecule has 7 N–H and O–H groups in total. The molecular weight excluding hydrogens is 592 g/mol. The lowest BCUT2D eigenvalue weighted by atomic mass is 9.98. The van der Waals surface area contributed by atoms with Crippen molar-refractivity contribution in [3.05, 3.63) is 77.9 Å². The second-order valence-electron chi connectivity index (χ2n) is 8.28. The fraction of sp³-hybridized carbons (Fsp3) is 0.208. The second kappa shape index (κ2) is 15.1. The number of nitrogens with two attached hydrogens (primary N) is 3. The number of carbonyl (C=O) groups excluding carboxylic acids is 2. The summed E-state index contributed by atoms with van der Waals surface area (Å²) in [4.78, 5) is 24.8. The van der Waals surface area contributed by atoms with Crippen LogP contribution in [0.1, 0.15) is 16.8 Å². The average molecular weight is 615 g/mol. The molecule has 0 bridgehead atoms. The highest BCUT2D eigenvalue weighted by molar-refractivity contribution is 5.98. The van der Waals surface area contributed by atoms with Gasteiger partial charge in [-0.15, -0.1) is 5.43 Å². The molecular formula is C24H23F6N9O4. The van der Waals surface area contributed by atoms with Crippen LogP contribution >= 0.6 is 0 Å². The van der Waals surface area contributed by atoms with Gasteiger partial charge in [0.1, 0.15) is 11.9 Å². The molecule has 1 aliphatic rings. The van der Waals surface area contributed by atoms with Gasteiger partial charge in [0, 0.05) is 30.1 Å². The number of nitrogens with one attached hydrogen (secondary N) is 1. The van der Waals surface area contributed by atoms with Crippen LogP contribution in [0.5, 0.6) is 0 Å². The standard InChI is InChI=1S/C20H21N9.2C2HF3O2/c21-20(22)24-10-9-16-11-23-13-29(16)12-14-5-7-15(8-6-14)17-3-1-2-4-18(17)19-25-27-28-26-19;2*3-2(4,5)1(6)7/h1-8,11,13H,9-10,12H2,(H4,21,22,24)(H,25,26,27,28);2*(H,6,7). The van der Waals surface area contributed by atoms with E-state index in [9.17, 15) is 26.3 Å². The zero-order valence-electron chi connectivity index (χ0n) is 21.8. The first kappa shape index (κ1) is 33.9. The maximum atomic E-state index is 10.5. The number of carbonyl (C=O) groups is 2. The first-order chi connectivity index (χ1) is 20.1. The van der Waals surface area contributed by atoms with Crippen molar-refractivity contribution >= 4 is 23.7 Å². The highest BCUT2D eigenvalue weighted by Gasteiger charge is 2.29. The zero-order chi connectivity index (χ0) is 32.2. The van der Waals surface area contributed by atoms with E-state index in [1.165, 1.54) is 5.56 Å². The van der Waals surface area contributed by atoms with E-state index in [2.05, 4.69) is 60.4 Å². The Morgan fingerprint density at radius 1 is 0.907 bits per heavy atom. The fourth-order valence-electron chi connectivity index (χ4n) is 3.28. The van der Waals surface area contributed by atoms with E-state index >= 15 is 0 Å². The lowest BCUT2D eigenvalue weighted by Crippen LogP contribution is -2.80. The minimum atomic E-state index is -5.19. The number of carboxylic acids is 2. The quantitative estimate of drug-likeness (QED) is 0.0985. The molecule has 2 aromatic carbocycles. The summed E-state index contributed by atoms with van der Waals surface area (Å²) >= 11 is 0. The molecule has 2 heterocycles. The molecule has 4 rings (SSSR count). The summed E-state index contributed by atoms with van der Waals surface area (Å²) in [7, 11) is 0. The molecule has 0 fully saturated rings. The summed E-state index contributed by atoms with van der Waals surface area (Å²) < 4.78 is 65.2. The van der Waals surface area contributed by atoms with E-state index in [1.807, 2.05) is 30.7 Å². The van der Waals surface area contributed by atoms with Crippen molar-refractivity contribution in [2.75, 3.05) is 6.54 Å². The number of benzene rings is 2. The molecule has 0 atom stereocenters. The molecule has 13 nitrogen and oxygen atoms in total. The summed E-state index contributed by atoms with van der Waals surface area (Å²) in [5.74, 6) is -5.01. The number of nitrogens with zero attached hydrogens (tertiary/aromatic N) is 5. The summed E-state index contributed by atoms with van der Waals surface area (Å²) in [6, 6.07) is 16.7. The third-order valence-electron chi connectivity index (χ3n) is 5.18. The van der Waals surface area contributed by atoms with Gasteiger partial charge in [0.05, 0.1) is 23.7 Å². The smallest absolute Gasteiger partial charge is 0.430 e. The number of carboxylic acid groups (broad SMARTS) is 2. The van der Waals surface area contributed by atoms with E-state index in [0.29, 0.717) is 6.54 Å². The van der Waals surface area contributed by atoms with Crippen molar-refractivity contribution in [1.29, 1.82) is 0 Å². The highest BCUT2D eigenvalue weighted by Crippen LogP contribution is 2.24. The molecule has 0 radical (unpaired) electrons. The molecule has 0 spiro atoms. The third kappa shape index (κ3) is 11.2. The molecule has 1 aliphatic heterocycles. The number of hydrogen-bond donors (Lipinski definition) is 4. The Morgan fingerprint density at radius 3 is 1.95 bits per heavy atom. The lowest BCUT2D eigenvalue weighted by Gasteiger charge is -2.10. The number of guanidine groups is 1. The Kier molecular flexibility index (Phi) is 11.9. The number of quaternary nitrogens is 1. The Balaban J connectivity index is 0.000000384. The van der Waals surface area contributed by atoms with Gasteiger partial charge in [-0.1, -0.05) is 47.6 Å². The normalized spacial score (nSPS) is 12.3. The number of imidazole rings is 1. The predicted octanol–water partition coefficient (Wildman–Crippen LogP) is -2.30. The third-order valence-corrected chi connectivity index (χ3v) is 5.18. The fourth-order valence-corrected chi connectivity index (χ4v) is 3.28. The van der Waals surface area contributed by atoms with Gasteiger partial charge >= 0.3 is 18.3 Å². The Morgan fingerprint density at radius 2 is 1.47 bits per heavy atom. The largest absolute Gasteiger partial charge is 0.542 e. The minimum absolute atomic E-state index is 0.232. The maximum Gasteiger partial charge on any atom is 0.430 e. The number of alkyl halides is 6. The first-order valence-corrected chi connectivity index (χ1v) is 11.8. The zero-order valence-corrected chi connectivity index (χ0v) is 21.8. The number of rotatable bonds is 7. The molecule has 1 aromatic heterocycles. The molecule has 19 heteroatoms. The van der Waals surface area contributed by atoms with Crippen LogP contribution in [-0.4, -0.2) is 52.2 Å². The van der Waals surface area contributed by atoms with Gasteiger partial charge in [-0.2, -0.15) is 26.3 Å². The number of aliphatic carboxylic acids is 2. The Hall–Kier alpha value is -5.33. The van der Waals surface area contributed by atoms with Crippen LogP contribution in [0, 0.1) is 0 Å². The van der Waals surface area contributed by atoms with Crippen molar-refractivity contribution in [2.24, 2.45) is 27.0 Å². The van der Waals surface area contributed by atoms with Gasteiger partial charge in [-0.05, 0) is 22.8 Å². The van der Waals surface area contributed by atoms with Crippen molar-refractivity contribution < 1.29 is 56.6 Å². The molecule has 0 aliphatic carbocycles. The Labute approximate surface area is 238 Å². The lowest BCUT2D eigenvalue weighted by molar-refractivity contribution is -0.546. The molecule has 0 unspecified atom stereocenters. The molecule has 3 aromatic rings. The van der Waals surface area contributed by atoms with E-state index in [1.54, 1.807) is 5.43 Å². The molecule has 230 valence electrons. The van der Waals surface area contributed by atoms with Gasteiger partial charge in [-0.25, -0.2) is 4.98 Å². The summed E-state index contributed by atoms with van der Waals surface area (Å²) in [6.45, 7) is 1.42. The number of halogens is 6. The van der Waals surface area contributed by atoms with Crippen LogP contribution in [0.15, 0.2) is 76.6 Å². The molecule has 43 heavy (non-hydrogen) atoms. The maximum absolute atomic E-state index is 10.5. The van der Waals surface area contributed by atoms with Crippen LogP contribution in [0.25, 0.3) is 11.1 Å². The van der Waals surface area contributed by atoms with Crippen molar-refractivity contribution in [3.8, 4) is 11.1 Å². The Bertz CT molecular complexity index is 1460. The second-order valence-corrected chi connectivity index (χ2v) is 8.28. The highest BCUT2D eigenvalue weighted by atomic mass is 19.4. The summed E-state index contributed by atoms with van der Waals surface area (Å²) in [6.07, 6.45) is -5.89. The topological polar surface area (TPSA) is 218 Å². The molecule has 0 amide bonds. The molecule has 0 saturated heterocycles. The van der Waals surface area contributed by atoms with Gasteiger partial charge in [0.15, 0.2) is 0 Å². The average Bonchev–Trinajstić information content (AvgIpc) is 3.61. The van der Waals surface area contributed by atoms with Crippen molar-refractivity contribution in [2.45, 2.75) is 25.3 Å². The number of amidine groups is 1. The van der Waals surface area contributed by atoms with E-state index in [4.69, 9.17) is 31.3 Å².